The molecule has 138 valence electrons. The first-order valence-corrected chi connectivity index (χ1v) is 12.3. The van der Waals surface area contributed by atoms with Gasteiger partial charge in [0.2, 0.25) is 0 Å². The third-order valence-electron chi connectivity index (χ3n) is 4.37. The molecule has 1 aliphatic heterocycles. The van der Waals surface area contributed by atoms with Crippen molar-refractivity contribution >= 4 is 30.9 Å². The first-order chi connectivity index (χ1) is 11.9. The molecular weight excluding hydrogens is 391 g/mol. The Morgan fingerprint density at radius 3 is 2.80 bits per heavy atom. The minimum absolute atomic E-state index is 0.182. The van der Waals surface area contributed by atoms with Gasteiger partial charge in [-0.15, -0.1) is 0 Å². The van der Waals surface area contributed by atoms with Gasteiger partial charge in [-0.1, -0.05) is 0 Å². The Morgan fingerprint density at radius 2 is 2.08 bits per heavy atom. The van der Waals surface area contributed by atoms with Crippen LogP contribution in [0.3, 0.4) is 0 Å². The number of nitrogen functional groups attached to an aromatic ring is 1. The third kappa shape index (κ3) is 3.79. The topological polar surface area (TPSA) is 145 Å². The van der Waals surface area contributed by atoms with E-state index in [1.807, 2.05) is 6.92 Å². The summed E-state index contributed by atoms with van der Waals surface area (Å²) >= 11 is -0.946. The molecular formula is C15H25N6O3Se+. The van der Waals surface area contributed by atoms with E-state index in [4.69, 9.17) is 16.2 Å². The van der Waals surface area contributed by atoms with Crippen LogP contribution in [0.25, 0.3) is 11.2 Å². The van der Waals surface area contributed by atoms with Crippen molar-refractivity contribution in [1.29, 1.82) is 0 Å². The van der Waals surface area contributed by atoms with E-state index in [2.05, 4.69) is 20.8 Å². The number of nitrogens with two attached hydrogens (primary N) is 2. The van der Waals surface area contributed by atoms with E-state index in [1.165, 1.54) is 12.7 Å². The van der Waals surface area contributed by atoms with Gasteiger partial charge in [0.25, 0.3) is 0 Å². The molecule has 1 saturated heterocycles. The molecule has 6 N–H and O–H groups in total. The zero-order valence-electron chi connectivity index (χ0n) is 14.3. The number of anilines is 1. The SMILES string of the molecule is C[C@@H](N)CC[Se+](C)C[C@H]1O[C@@H](n2cnc3c(N)ncnc32)C(O)[C@H]1O. The van der Waals surface area contributed by atoms with Gasteiger partial charge in [0, 0.05) is 0 Å². The maximum absolute atomic E-state index is 10.5. The Labute approximate surface area is 150 Å². The van der Waals surface area contributed by atoms with Crippen LogP contribution in [0.5, 0.6) is 0 Å². The maximum atomic E-state index is 10.5. The van der Waals surface area contributed by atoms with Crippen molar-refractivity contribution in [2.24, 2.45) is 5.73 Å². The fraction of sp³-hybridized carbons (Fsp3) is 0.667. The van der Waals surface area contributed by atoms with Crippen molar-refractivity contribution in [2.75, 3.05) is 5.73 Å². The van der Waals surface area contributed by atoms with Crippen LogP contribution >= 0.6 is 0 Å². The molecule has 0 amide bonds. The summed E-state index contributed by atoms with van der Waals surface area (Å²) in [5.74, 6) is 2.49. The van der Waals surface area contributed by atoms with Crippen LogP contribution in [0.4, 0.5) is 5.82 Å². The zero-order chi connectivity index (χ0) is 18.1. The van der Waals surface area contributed by atoms with Crippen molar-refractivity contribution in [3.8, 4) is 0 Å². The number of ether oxygens (including phenoxy) is 1. The average Bonchev–Trinajstić information content (AvgIpc) is 3.10. The summed E-state index contributed by atoms with van der Waals surface area (Å²) in [5, 5.41) is 22.7. The van der Waals surface area contributed by atoms with Crippen molar-refractivity contribution in [3.63, 3.8) is 0 Å². The van der Waals surface area contributed by atoms with Crippen LogP contribution in [-0.4, -0.2) is 68.0 Å². The number of nitrogens with zero attached hydrogens (tertiary/aromatic N) is 4. The van der Waals surface area contributed by atoms with E-state index in [1.54, 1.807) is 4.57 Å². The molecule has 2 unspecified atom stereocenters. The number of aliphatic hydroxyl groups excluding tert-OH is 2. The molecule has 1 aliphatic rings. The van der Waals surface area contributed by atoms with Gasteiger partial charge in [0.1, 0.15) is 0 Å². The Balaban J connectivity index is 1.74. The van der Waals surface area contributed by atoms with Crippen LogP contribution in [0.15, 0.2) is 12.7 Å². The number of hydrogen-bond acceptors (Lipinski definition) is 8. The normalized spacial score (nSPS) is 29.2. The number of aromatic nitrogens is 4. The van der Waals surface area contributed by atoms with Gasteiger partial charge in [0.15, 0.2) is 0 Å². The number of fused-ring (bicyclic) bond motifs is 1. The van der Waals surface area contributed by atoms with Crippen LogP contribution in [0.1, 0.15) is 19.6 Å². The van der Waals surface area contributed by atoms with Crippen LogP contribution in [0.2, 0.25) is 16.5 Å². The summed E-state index contributed by atoms with van der Waals surface area (Å²) in [6.45, 7) is 2.00. The number of aliphatic hydroxyl groups is 2. The van der Waals surface area contributed by atoms with Gasteiger partial charge < -0.3 is 0 Å². The predicted octanol–water partition coefficient (Wildman–Crippen LogP) is -0.110. The second-order valence-electron chi connectivity index (χ2n) is 6.55. The minimum atomic E-state index is -1.05. The van der Waals surface area contributed by atoms with Gasteiger partial charge in [-0.2, -0.15) is 0 Å². The molecule has 0 saturated carbocycles. The number of rotatable bonds is 6. The van der Waals surface area contributed by atoms with Crippen molar-refractivity contribution < 1.29 is 14.9 Å². The summed E-state index contributed by atoms with van der Waals surface area (Å²) in [6.07, 6.45) is 0.681. The Morgan fingerprint density at radius 1 is 1.32 bits per heavy atom. The molecule has 0 aromatic carbocycles. The second-order valence-corrected chi connectivity index (χ2v) is 11.4. The Kier molecular flexibility index (Phi) is 5.57. The molecule has 6 atom stereocenters. The van der Waals surface area contributed by atoms with Crippen LogP contribution in [-0.2, 0) is 4.74 Å². The van der Waals surface area contributed by atoms with E-state index in [0.717, 1.165) is 17.1 Å². The number of hydrogen-bond donors (Lipinski definition) is 4. The first kappa shape index (κ1) is 18.5. The molecule has 0 radical (unpaired) electrons. The average molecular weight is 416 g/mol. The summed E-state index contributed by atoms with van der Waals surface area (Å²) in [7, 11) is 0. The van der Waals surface area contributed by atoms with Gasteiger partial charge in [-0.05, 0) is 0 Å². The summed E-state index contributed by atoms with van der Waals surface area (Å²) in [5.41, 5.74) is 12.5. The molecule has 0 bridgehead atoms. The van der Waals surface area contributed by atoms with Gasteiger partial charge in [0.05, 0.1) is 0 Å². The Hall–Kier alpha value is -1.29. The molecule has 0 aliphatic carbocycles. The monoisotopic (exact) mass is 417 g/mol. The molecule has 3 rings (SSSR count). The molecule has 9 nitrogen and oxygen atoms in total. The second kappa shape index (κ2) is 7.53. The molecule has 2 aromatic heterocycles. The standard InChI is InChI=1S/C15H25N6O3Se/c1-8(16)3-4-25(2)5-9-11(22)12(23)15(24-9)21-7-20-10-13(17)18-6-19-14(10)21/h6-9,11-12,15,22-23H,3-5,16H2,1-2H3,(H2,17,18,19)/q+1/t8-,9-,11+,12?,15-,25?/m1/s1. The van der Waals surface area contributed by atoms with Crippen molar-refractivity contribution in [2.45, 2.75) is 60.4 Å². The molecule has 25 heavy (non-hydrogen) atoms. The summed E-state index contributed by atoms with van der Waals surface area (Å²) in [4.78, 5) is 12.3. The van der Waals surface area contributed by atoms with Gasteiger partial charge in [-0.25, -0.2) is 0 Å². The summed E-state index contributed by atoms with van der Waals surface area (Å²) in [6, 6.07) is 0.182. The molecule has 10 heteroatoms. The fourth-order valence-corrected chi connectivity index (χ4v) is 6.63. The van der Waals surface area contributed by atoms with E-state index in [9.17, 15) is 10.2 Å². The van der Waals surface area contributed by atoms with E-state index < -0.39 is 38.4 Å². The van der Waals surface area contributed by atoms with Crippen molar-refractivity contribution in [1.82, 2.24) is 19.5 Å². The summed E-state index contributed by atoms with van der Waals surface area (Å²) < 4.78 is 7.58. The van der Waals surface area contributed by atoms with E-state index >= 15 is 0 Å². The zero-order valence-corrected chi connectivity index (χ0v) is 16.0. The van der Waals surface area contributed by atoms with E-state index in [-0.39, 0.29) is 11.9 Å². The fourth-order valence-electron chi connectivity index (χ4n) is 2.90. The molecule has 0 spiro atoms. The van der Waals surface area contributed by atoms with Gasteiger partial charge >= 0.3 is 150 Å². The molecule has 2 aromatic rings. The molecule has 3 heterocycles. The Bertz CT molecular complexity index is 726. The van der Waals surface area contributed by atoms with Crippen molar-refractivity contribution in [3.05, 3.63) is 12.7 Å². The van der Waals surface area contributed by atoms with Crippen LogP contribution in [0, 0.1) is 0 Å². The number of imidazole rings is 1. The predicted molar refractivity (Wildman–Crippen MR) is 95.2 cm³/mol. The third-order valence-corrected chi connectivity index (χ3v) is 8.21. The van der Waals surface area contributed by atoms with E-state index in [0.29, 0.717) is 11.2 Å². The first-order valence-electron chi connectivity index (χ1n) is 8.17. The molecule has 1 fully saturated rings. The quantitative estimate of drug-likeness (QED) is 0.477. The van der Waals surface area contributed by atoms with Gasteiger partial charge in [-0.3, -0.25) is 0 Å². The van der Waals surface area contributed by atoms with Crippen LogP contribution < -0.4 is 11.5 Å².